The molecule has 1 atom stereocenters. The fourth-order valence-electron chi connectivity index (χ4n) is 4.23. The van der Waals surface area contributed by atoms with E-state index >= 15 is 0 Å². The van der Waals surface area contributed by atoms with E-state index in [4.69, 9.17) is 0 Å². The molecule has 1 fully saturated rings. The molecule has 1 aromatic carbocycles. The van der Waals surface area contributed by atoms with Gasteiger partial charge < -0.3 is 9.88 Å². The molecule has 0 aliphatic heterocycles. The van der Waals surface area contributed by atoms with E-state index in [2.05, 4.69) is 25.7 Å². The van der Waals surface area contributed by atoms with Crippen molar-refractivity contribution in [3.8, 4) is 0 Å². The number of nitrogens with zero attached hydrogens (tertiary/aromatic N) is 2. The fraction of sp³-hybridized carbons (Fsp3) is 0.565. The topological polar surface area (TPSA) is 105 Å². The minimum atomic E-state index is -0.708. The largest absolute Gasteiger partial charge is 0.344 e. The average molecular weight is 428 g/mol. The summed E-state index contributed by atoms with van der Waals surface area (Å²) in [4.78, 5) is 42.3. The first-order valence-corrected chi connectivity index (χ1v) is 11.2. The van der Waals surface area contributed by atoms with Crippen LogP contribution in [-0.4, -0.2) is 33.3 Å². The van der Waals surface area contributed by atoms with E-state index in [1.54, 1.807) is 12.1 Å². The maximum Gasteiger partial charge on any atom is 0.269 e. The van der Waals surface area contributed by atoms with Gasteiger partial charge in [0.2, 0.25) is 5.91 Å². The van der Waals surface area contributed by atoms with Crippen molar-refractivity contribution < 1.29 is 14.4 Å². The second kappa shape index (κ2) is 9.94. The van der Waals surface area contributed by atoms with Crippen LogP contribution in [0.4, 0.5) is 0 Å². The maximum absolute atomic E-state index is 12.7. The third-order valence-electron chi connectivity index (χ3n) is 6.04. The molecule has 1 heterocycles. The summed E-state index contributed by atoms with van der Waals surface area (Å²) in [5.41, 5.74) is 7.03. The average Bonchev–Trinajstić information content (AvgIpc) is 3.09. The molecule has 31 heavy (non-hydrogen) atoms. The van der Waals surface area contributed by atoms with E-state index in [1.807, 2.05) is 33.8 Å². The first-order valence-electron chi connectivity index (χ1n) is 11.2. The summed E-state index contributed by atoms with van der Waals surface area (Å²) in [6, 6.07) is 4.57. The predicted molar refractivity (Wildman–Crippen MR) is 119 cm³/mol. The van der Waals surface area contributed by atoms with Crippen LogP contribution in [0.15, 0.2) is 18.2 Å². The molecule has 3 amide bonds. The number of amides is 3. The van der Waals surface area contributed by atoms with Crippen molar-refractivity contribution in [2.45, 2.75) is 72.4 Å². The number of nitrogens with one attached hydrogen (secondary N) is 3. The van der Waals surface area contributed by atoms with Gasteiger partial charge in [-0.15, -0.1) is 0 Å². The molecule has 8 nitrogen and oxygen atoms in total. The lowest BCUT2D eigenvalue weighted by molar-refractivity contribution is -0.133. The van der Waals surface area contributed by atoms with Crippen molar-refractivity contribution in [1.29, 1.82) is 0 Å². The maximum atomic E-state index is 12.7. The SMILES string of the molecule is CCn1c(C)nc2cc(C(=O)NNC(=O)C(NC(=O)C3CCCCC3)C(C)C)ccc21. The van der Waals surface area contributed by atoms with E-state index in [1.165, 1.54) is 0 Å². The molecule has 168 valence electrons. The van der Waals surface area contributed by atoms with Crippen molar-refractivity contribution >= 4 is 28.8 Å². The van der Waals surface area contributed by atoms with Gasteiger partial charge in [-0.2, -0.15) is 0 Å². The van der Waals surface area contributed by atoms with E-state index in [0.29, 0.717) is 5.56 Å². The highest BCUT2D eigenvalue weighted by Gasteiger charge is 2.29. The number of rotatable bonds is 6. The molecule has 0 radical (unpaired) electrons. The van der Waals surface area contributed by atoms with Crippen LogP contribution >= 0.6 is 0 Å². The van der Waals surface area contributed by atoms with Crippen LogP contribution in [0.5, 0.6) is 0 Å². The molecule has 1 aliphatic rings. The highest BCUT2D eigenvalue weighted by Crippen LogP contribution is 2.24. The number of hydrazine groups is 1. The Kier molecular flexibility index (Phi) is 7.30. The number of carbonyl (C=O) groups excluding carboxylic acids is 3. The normalized spacial score (nSPS) is 15.6. The minimum Gasteiger partial charge on any atom is -0.344 e. The summed E-state index contributed by atoms with van der Waals surface area (Å²) in [6.07, 6.45) is 4.99. The summed E-state index contributed by atoms with van der Waals surface area (Å²) >= 11 is 0. The zero-order chi connectivity index (χ0) is 22.5. The fourth-order valence-corrected chi connectivity index (χ4v) is 4.23. The molecular weight excluding hydrogens is 394 g/mol. The van der Waals surface area contributed by atoms with E-state index in [9.17, 15) is 14.4 Å². The number of imidazole rings is 1. The van der Waals surface area contributed by atoms with Crippen molar-refractivity contribution in [3.05, 3.63) is 29.6 Å². The van der Waals surface area contributed by atoms with Gasteiger partial charge in [0, 0.05) is 18.0 Å². The van der Waals surface area contributed by atoms with Gasteiger partial charge in [0.05, 0.1) is 11.0 Å². The van der Waals surface area contributed by atoms with Crippen LogP contribution in [0.1, 0.15) is 69.1 Å². The van der Waals surface area contributed by atoms with Crippen LogP contribution < -0.4 is 16.2 Å². The van der Waals surface area contributed by atoms with Gasteiger partial charge in [-0.05, 0) is 50.8 Å². The van der Waals surface area contributed by atoms with Gasteiger partial charge in [-0.1, -0.05) is 33.1 Å². The Balaban J connectivity index is 1.61. The molecule has 3 rings (SSSR count). The standard InChI is InChI=1S/C23H33N5O3/c1-5-28-15(4)24-18-13-17(11-12-19(18)28)22(30)26-27-23(31)20(14(2)3)25-21(29)16-9-7-6-8-10-16/h11-14,16,20H,5-10H2,1-4H3,(H,25,29)(H,26,30)(H,27,31). The van der Waals surface area contributed by atoms with E-state index in [-0.39, 0.29) is 17.7 Å². The number of fused-ring (bicyclic) bond motifs is 1. The molecule has 0 bridgehead atoms. The Labute approximate surface area is 183 Å². The van der Waals surface area contributed by atoms with Gasteiger partial charge in [-0.3, -0.25) is 25.2 Å². The van der Waals surface area contributed by atoms with Crippen molar-refractivity contribution in [2.75, 3.05) is 0 Å². The molecule has 8 heteroatoms. The molecule has 1 saturated carbocycles. The number of carbonyl (C=O) groups is 3. The Morgan fingerprint density at radius 2 is 1.84 bits per heavy atom. The molecule has 1 unspecified atom stereocenters. The van der Waals surface area contributed by atoms with Crippen LogP contribution in [0.3, 0.4) is 0 Å². The van der Waals surface area contributed by atoms with Crippen molar-refractivity contribution in [1.82, 2.24) is 25.7 Å². The zero-order valence-corrected chi connectivity index (χ0v) is 18.8. The van der Waals surface area contributed by atoms with Gasteiger partial charge in [0.1, 0.15) is 11.9 Å². The summed E-state index contributed by atoms with van der Waals surface area (Å²) < 4.78 is 2.07. The first kappa shape index (κ1) is 22.8. The van der Waals surface area contributed by atoms with Gasteiger partial charge in [-0.25, -0.2) is 4.98 Å². The molecule has 0 saturated heterocycles. The van der Waals surface area contributed by atoms with E-state index < -0.39 is 17.9 Å². The second-order valence-electron chi connectivity index (χ2n) is 8.62. The Hall–Kier alpha value is -2.90. The lowest BCUT2D eigenvalue weighted by Gasteiger charge is -2.26. The Morgan fingerprint density at radius 3 is 2.48 bits per heavy atom. The zero-order valence-electron chi connectivity index (χ0n) is 18.8. The number of hydrogen-bond donors (Lipinski definition) is 3. The molecule has 3 N–H and O–H groups in total. The minimum absolute atomic E-state index is 0.0319. The third-order valence-corrected chi connectivity index (χ3v) is 6.04. The van der Waals surface area contributed by atoms with Crippen LogP contribution in [-0.2, 0) is 16.1 Å². The Bertz CT molecular complexity index is 960. The number of hydrogen-bond acceptors (Lipinski definition) is 4. The summed E-state index contributed by atoms with van der Waals surface area (Å²) in [7, 11) is 0. The van der Waals surface area contributed by atoms with Gasteiger partial charge in [0.15, 0.2) is 0 Å². The van der Waals surface area contributed by atoms with Gasteiger partial charge >= 0.3 is 0 Å². The summed E-state index contributed by atoms with van der Waals surface area (Å²) in [6.45, 7) is 8.51. The molecule has 1 aliphatic carbocycles. The van der Waals surface area contributed by atoms with E-state index in [0.717, 1.165) is 55.5 Å². The molecule has 0 spiro atoms. The second-order valence-corrected chi connectivity index (χ2v) is 8.62. The summed E-state index contributed by atoms with van der Waals surface area (Å²) in [5.74, 6) is -0.193. The number of benzene rings is 1. The first-order chi connectivity index (χ1) is 14.8. The lowest BCUT2D eigenvalue weighted by Crippen LogP contribution is -2.55. The van der Waals surface area contributed by atoms with Crippen molar-refractivity contribution in [3.63, 3.8) is 0 Å². The highest BCUT2D eigenvalue weighted by atomic mass is 16.2. The molecular formula is C23H33N5O3. The lowest BCUT2D eigenvalue weighted by atomic mass is 9.88. The Morgan fingerprint density at radius 1 is 1.13 bits per heavy atom. The van der Waals surface area contributed by atoms with Crippen LogP contribution in [0, 0.1) is 18.8 Å². The molecule has 2 aromatic rings. The number of aromatic nitrogens is 2. The summed E-state index contributed by atoms with van der Waals surface area (Å²) in [5, 5.41) is 2.87. The van der Waals surface area contributed by atoms with Gasteiger partial charge in [0.25, 0.3) is 11.8 Å². The van der Waals surface area contributed by atoms with Crippen LogP contribution in [0.25, 0.3) is 11.0 Å². The third kappa shape index (κ3) is 5.24. The van der Waals surface area contributed by atoms with Crippen LogP contribution in [0.2, 0.25) is 0 Å². The highest BCUT2D eigenvalue weighted by molar-refractivity contribution is 5.99. The number of aryl methyl sites for hydroxylation is 2. The molecule has 1 aromatic heterocycles. The quantitative estimate of drug-likeness (QED) is 0.617. The van der Waals surface area contributed by atoms with Crippen molar-refractivity contribution in [2.24, 2.45) is 11.8 Å². The predicted octanol–water partition coefficient (Wildman–Crippen LogP) is 2.85. The monoisotopic (exact) mass is 427 g/mol. The smallest absolute Gasteiger partial charge is 0.269 e.